The van der Waals surface area contributed by atoms with Crippen molar-refractivity contribution in [2.45, 2.75) is 39.3 Å². The van der Waals surface area contributed by atoms with Gasteiger partial charge >= 0.3 is 0 Å². The number of aromatic nitrogens is 2. The van der Waals surface area contributed by atoms with Gasteiger partial charge in [-0.3, -0.25) is 0 Å². The average molecular weight is 274 g/mol. The SMILES string of the molecule is CC(C)(C)NCCNCCCn1cnc2ccccc21. The second-order valence-corrected chi connectivity index (χ2v) is 6.21. The molecule has 0 aliphatic heterocycles. The molecule has 0 bridgehead atoms. The van der Waals surface area contributed by atoms with Gasteiger partial charge in [0.1, 0.15) is 0 Å². The Hall–Kier alpha value is -1.39. The highest BCUT2D eigenvalue weighted by atomic mass is 15.0. The van der Waals surface area contributed by atoms with Crippen LogP contribution in [0.15, 0.2) is 30.6 Å². The molecule has 0 aliphatic carbocycles. The van der Waals surface area contributed by atoms with E-state index in [0.29, 0.717) is 0 Å². The number of imidazole rings is 1. The molecular formula is C16H26N4. The van der Waals surface area contributed by atoms with E-state index in [1.165, 1.54) is 5.52 Å². The summed E-state index contributed by atoms with van der Waals surface area (Å²) in [6, 6.07) is 8.28. The van der Waals surface area contributed by atoms with Gasteiger partial charge in [-0.2, -0.15) is 0 Å². The second-order valence-electron chi connectivity index (χ2n) is 6.21. The van der Waals surface area contributed by atoms with Crippen molar-refractivity contribution in [2.24, 2.45) is 0 Å². The largest absolute Gasteiger partial charge is 0.331 e. The fraction of sp³-hybridized carbons (Fsp3) is 0.562. The second kappa shape index (κ2) is 6.86. The van der Waals surface area contributed by atoms with Gasteiger partial charge in [0, 0.05) is 25.2 Å². The Kier molecular flexibility index (Phi) is 5.15. The zero-order valence-electron chi connectivity index (χ0n) is 12.8. The van der Waals surface area contributed by atoms with E-state index in [2.05, 4.69) is 59.2 Å². The van der Waals surface area contributed by atoms with Gasteiger partial charge < -0.3 is 15.2 Å². The molecule has 2 N–H and O–H groups in total. The van der Waals surface area contributed by atoms with Crippen LogP contribution >= 0.6 is 0 Å². The van der Waals surface area contributed by atoms with Crippen LogP contribution in [0.25, 0.3) is 11.0 Å². The number of nitrogens with one attached hydrogen (secondary N) is 2. The molecule has 0 unspecified atom stereocenters. The molecule has 0 radical (unpaired) electrons. The van der Waals surface area contributed by atoms with Crippen molar-refractivity contribution in [1.82, 2.24) is 20.2 Å². The van der Waals surface area contributed by atoms with Crippen LogP contribution in [0.5, 0.6) is 0 Å². The van der Waals surface area contributed by atoms with Crippen LogP contribution in [0, 0.1) is 0 Å². The van der Waals surface area contributed by atoms with Crippen molar-refractivity contribution in [2.75, 3.05) is 19.6 Å². The predicted octanol–water partition coefficient (Wildman–Crippen LogP) is 2.40. The predicted molar refractivity (Wildman–Crippen MR) is 85.0 cm³/mol. The Balaban J connectivity index is 1.64. The highest BCUT2D eigenvalue weighted by Gasteiger charge is 2.06. The number of aryl methyl sites for hydroxylation is 1. The highest BCUT2D eigenvalue weighted by molar-refractivity contribution is 5.74. The van der Waals surface area contributed by atoms with Crippen LogP contribution < -0.4 is 10.6 Å². The summed E-state index contributed by atoms with van der Waals surface area (Å²) in [5, 5.41) is 6.95. The number of para-hydroxylation sites is 2. The molecule has 2 aromatic rings. The molecule has 20 heavy (non-hydrogen) atoms. The lowest BCUT2D eigenvalue weighted by molar-refractivity contribution is 0.420. The minimum atomic E-state index is 0.206. The Bertz CT molecular complexity index is 525. The van der Waals surface area contributed by atoms with E-state index < -0.39 is 0 Å². The van der Waals surface area contributed by atoms with Crippen molar-refractivity contribution in [3.63, 3.8) is 0 Å². The molecule has 4 heteroatoms. The van der Waals surface area contributed by atoms with Crippen LogP contribution in [-0.4, -0.2) is 34.7 Å². The summed E-state index contributed by atoms with van der Waals surface area (Å²) >= 11 is 0. The molecule has 1 aromatic carbocycles. The maximum absolute atomic E-state index is 4.41. The molecule has 2 rings (SSSR count). The summed E-state index contributed by atoms with van der Waals surface area (Å²) < 4.78 is 2.23. The van der Waals surface area contributed by atoms with Gasteiger partial charge in [-0.15, -0.1) is 0 Å². The first-order valence-electron chi connectivity index (χ1n) is 7.42. The highest BCUT2D eigenvalue weighted by Crippen LogP contribution is 2.11. The van der Waals surface area contributed by atoms with Crippen molar-refractivity contribution in [3.05, 3.63) is 30.6 Å². The first kappa shape index (κ1) is 15.0. The van der Waals surface area contributed by atoms with Crippen LogP contribution in [0.2, 0.25) is 0 Å². The van der Waals surface area contributed by atoms with E-state index in [9.17, 15) is 0 Å². The van der Waals surface area contributed by atoms with Gasteiger partial charge in [0.2, 0.25) is 0 Å². The Labute approximate surface area is 121 Å². The monoisotopic (exact) mass is 274 g/mol. The number of hydrogen-bond acceptors (Lipinski definition) is 3. The van der Waals surface area contributed by atoms with E-state index in [1.54, 1.807) is 0 Å². The first-order valence-corrected chi connectivity index (χ1v) is 7.42. The van der Waals surface area contributed by atoms with E-state index >= 15 is 0 Å². The van der Waals surface area contributed by atoms with Gasteiger partial charge in [-0.1, -0.05) is 12.1 Å². The topological polar surface area (TPSA) is 41.9 Å². The van der Waals surface area contributed by atoms with Crippen LogP contribution in [0.4, 0.5) is 0 Å². The van der Waals surface area contributed by atoms with Gasteiger partial charge in [0.05, 0.1) is 17.4 Å². The van der Waals surface area contributed by atoms with E-state index in [1.807, 2.05) is 12.4 Å². The van der Waals surface area contributed by atoms with Crippen molar-refractivity contribution < 1.29 is 0 Å². The maximum atomic E-state index is 4.41. The minimum Gasteiger partial charge on any atom is -0.331 e. The Morgan fingerprint density at radius 2 is 1.90 bits per heavy atom. The number of hydrogen-bond donors (Lipinski definition) is 2. The normalized spacial score (nSPS) is 12.2. The molecule has 1 heterocycles. The Morgan fingerprint density at radius 3 is 2.70 bits per heavy atom. The quantitative estimate of drug-likeness (QED) is 0.762. The maximum Gasteiger partial charge on any atom is 0.0958 e. The lowest BCUT2D eigenvalue weighted by Crippen LogP contribution is -2.40. The lowest BCUT2D eigenvalue weighted by atomic mass is 10.1. The number of rotatable bonds is 7. The number of nitrogens with zero attached hydrogens (tertiary/aromatic N) is 2. The molecule has 0 spiro atoms. The van der Waals surface area contributed by atoms with E-state index in [-0.39, 0.29) is 5.54 Å². The van der Waals surface area contributed by atoms with Crippen molar-refractivity contribution >= 4 is 11.0 Å². The van der Waals surface area contributed by atoms with Gasteiger partial charge in [-0.25, -0.2) is 4.98 Å². The molecule has 0 saturated heterocycles. The first-order chi connectivity index (χ1) is 9.56. The van der Waals surface area contributed by atoms with Gasteiger partial charge in [-0.05, 0) is 45.9 Å². The van der Waals surface area contributed by atoms with Gasteiger partial charge in [0.15, 0.2) is 0 Å². The molecule has 0 atom stereocenters. The molecule has 0 aliphatic rings. The molecule has 110 valence electrons. The molecule has 0 fully saturated rings. The van der Waals surface area contributed by atoms with E-state index in [4.69, 9.17) is 0 Å². The number of benzene rings is 1. The summed E-state index contributed by atoms with van der Waals surface area (Å²) in [5.41, 5.74) is 2.51. The third kappa shape index (κ3) is 4.62. The molecular weight excluding hydrogens is 248 g/mol. The summed E-state index contributed by atoms with van der Waals surface area (Å²) in [7, 11) is 0. The summed E-state index contributed by atoms with van der Waals surface area (Å²) in [6.07, 6.45) is 3.06. The van der Waals surface area contributed by atoms with E-state index in [0.717, 1.165) is 38.1 Å². The zero-order valence-corrected chi connectivity index (χ0v) is 12.8. The molecule has 1 aromatic heterocycles. The van der Waals surface area contributed by atoms with Gasteiger partial charge in [0.25, 0.3) is 0 Å². The number of fused-ring (bicyclic) bond motifs is 1. The third-order valence-corrected chi connectivity index (χ3v) is 3.24. The summed E-state index contributed by atoms with van der Waals surface area (Å²) in [4.78, 5) is 4.41. The zero-order chi connectivity index (χ0) is 14.4. The smallest absolute Gasteiger partial charge is 0.0958 e. The summed E-state index contributed by atoms with van der Waals surface area (Å²) in [6.45, 7) is 10.7. The fourth-order valence-electron chi connectivity index (χ4n) is 2.21. The molecule has 0 saturated carbocycles. The van der Waals surface area contributed by atoms with Crippen molar-refractivity contribution in [3.8, 4) is 0 Å². The standard InChI is InChI=1S/C16H26N4/c1-16(2,3)19-11-10-17-9-6-12-20-13-18-14-7-4-5-8-15(14)20/h4-5,7-8,13,17,19H,6,9-12H2,1-3H3. The average Bonchev–Trinajstić information content (AvgIpc) is 2.80. The van der Waals surface area contributed by atoms with Crippen LogP contribution in [0.3, 0.4) is 0 Å². The molecule has 0 amide bonds. The summed E-state index contributed by atoms with van der Waals surface area (Å²) in [5.74, 6) is 0. The minimum absolute atomic E-state index is 0.206. The third-order valence-electron chi connectivity index (χ3n) is 3.24. The molecule has 4 nitrogen and oxygen atoms in total. The lowest BCUT2D eigenvalue weighted by Gasteiger charge is -2.20. The van der Waals surface area contributed by atoms with Crippen LogP contribution in [0.1, 0.15) is 27.2 Å². The Morgan fingerprint density at radius 1 is 1.10 bits per heavy atom. The van der Waals surface area contributed by atoms with Crippen molar-refractivity contribution in [1.29, 1.82) is 0 Å². The fourth-order valence-corrected chi connectivity index (χ4v) is 2.21. The van der Waals surface area contributed by atoms with Crippen LogP contribution in [-0.2, 0) is 6.54 Å².